The van der Waals surface area contributed by atoms with Gasteiger partial charge in [0.1, 0.15) is 0 Å². The molecule has 6 rings (SSSR count). The fourth-order valence-electron chi connectivity index (χ4n) is 6.37. The molecule has 0 amide bonds. The zero-order chi connectivity index (χ0) is 29.5. The fraction of sp³-hybridized carbons (Fsp3) is 0.306. The first kappa shape index (κ1) is 30.5. The summed E-state index contributed by atoms with van der Waals surface area (Å²) in [6.45, 7) is 6.78. The molecule has 0 saturated heterocycles. The molecular weight excluding hydrogens is 721 g/mol. The van der Waals surface area contributed by atoms with Gasteiger partial charge in [0.15, 0.2) is 0 Å². The van der Waals surface area contributed by atoms with Crippen LogP contribution in [0.3, 0.4) is 0 Å². The van der Waals surface area contributed by atoms with Crippen molar-refractivity contribution in [2.45, 2.75) is 70.8 Å². The van der Waals surface area contributed by atoms with E-state index in [1.165, 1.54) is 71.9 Å². The number of aromatic nitrogens is 1. The van der Waals surface area contributed by atoms with E-state index in [1.807, 2.05) is 41.4 Å². The third-order valence-electron chi connectivity index (χ3n) is 8.38. The first-order valence-electron chi connectivity index (χ1n) is 14.8. The van der Waals surface area contributed by atoms with Crippen LogP contribution in [0.15, 0.2) is 91.3 Å². The number of rotatable bonds is 10. The fourth-order valence-corrected chi connectivity index (χ4v) is 6.37. The SMILES string of the molecule is CCCCC1(CCCC)c2ccccc2-c2ccc(C3=CN(c4[c-]c(Oc5ccccn5)ccc4)[N-]C3C)cc21.[Cl][Pt]. The van der Waals surface area contributed by atoms with Gasteiger partial charge in [0.2, 0.25) is 5.88 Å². The normalized spacial score (nSPS) is 16.3. The quantitative estimate of drug-likeness (QED) is 0.151. The summed E-state index contributed by atoms with van der Waals surface area (Å²) in [6.07, 6.45) is 11.2. The number of ether oxygens (including phenoxy) is 1. The molecule has 2 aliphatic rings. The van der Waals surface area contributed by atoms with Crippen LogP contribution in [0.25, 0.3) is 22.1 Å². The van der Waals surface area contributed by atoms with Crippen LogP contribution in [0.4, 0.5) is 5.69 Å². The van der Waals surface area contributed by atoms with Crippen molar-refractivity contribution < 1.29 is 23.5 Å². The van der Waals surface area contributed by atoms with E-state index in [0.29, 0.717) is 11.6 Å². The predicted octanol–water partition coefficient (Wildman–Crippen LogP) is 10.5. The number of pyridine rings is 1. The molecule has 1 aliphatic carbocycles. The van der Waals surface area contributed by atoms with Gasteiger partial charge in [0.05, 0.1) is 0 Å². The van der Waals surface area contributed by atoms with Crippen molar-refractivity contribution in [2.75, 3.05) is 5.01 Å². The topological polar surface area (TPSA) is 39.5 Å². The summed E-state index contributed by atoms with van der Waals surface area (Å²) in [4.78, 5) is 4.27. The zero-order valence-corrected chi connectivity index (χ0v) is 27.5. The van der Waals surface area contributed by atoms with E-state index in [4.69, 9.17) is 10.2 Å². The Labute approximate surface area is 266 Å². The molecule has 0 spiro atoms. The second-order valence-electron chi connectivity index (χ2n) is 11.0. The first-order valence-corrected chi connectivity index (χ1v) is 17.6. The van der Waals surface area contributed by atoms with Gasteiger partial charge in [-0.25, -0.2) is 4.98 Å². The Balaban J connectivity index is 0.00000173. The molecule has 42 heavy (non-hydrogen) atoms. The molecule has 0 saturated carbocycles. The minimum atomic E-state index is 0.0382. The molecule has 1 aliphatic heterocycles. The minimum absolute atomic E-state index is 0.0382. The number of benzene rings is 3. The summed E-state index contributed by atoms with van der Waals surface area (Å²) >= 11 is 1.61. The summed E-state index contributed by atoms with van der Waals surface area (Å²) in [5.74, 6) is 1.17. The van der Waals surface area contributed by atoms with Gasteiger partial charge in [-0.05, 0) is 64.6 Å². The van der Waals surface area contributed by atoms with Gasteiger partial charge in [-0.3, -0.25) is 0 Å². The Morgan fingerprint density at radius 1 is 0.905 bits per heavy atom. The second-order valence-corrected chi connectivity index (χ2v) is 11.0. The Bertz CT molecular complexity index is 1520. The van der Waals surface area contributed by atoms with E-state index in [0.717, 1.165) is 5.69 Å². The van der Waals surface area contributed by atoms with Crippen molar-refractivity contribution in [3.05, 3.63) is 119 Å². The van der Waals surface area contributed by atoms with E-state index in [-0.39, 0.29) is 11.5 Å². The van der Waals surface area contributed by atoms with E-state index < -0.39 is 0 Å². The van der Waals surface area contributed by atoms with Crippen LogP contribution in [0.1, 0.15) is 76.0 Å². The van der Waals surface area contributed by atoms with Gasteiger partial charge in [-0.1, -0.05) is 101 Å². The summed E-state index contributed by atoms with van der Waals surface area (Å²) in [7, 11) is 4.61. The van der Waals surface area contributed by atoms with Crippen LogP contribution in [0, 0.1) is 6.07 Å². The molecule has 1 atom stereocenters. The van der Waals surface area contributed by atoms with Crippen LogP contribution in [-0.2, 0) is 24.2 Å². The molecule has 6 heteroatoms. The van der Waals surface area contributed by atoms with Crippen LogP contribution >= 0.6 is 9.42 Å². The molecule has 4 aromatic rings. The zero-order valence-electron chi connectivity index (χ0n) is 24.4. The molecule has 0 bridgehead atoms. The Hall–Kier alpha value is -2.91. The maximum absolute atomic E-state index is 5.93. The number of hydrogen-bond donors (Lipinski definition) is 0. The summed E-state index contributed by atoms with van der Waals surface area (Å²) < 4.78 is 5.93. The predicted molar refractivity (Wildman–Crippen MR) is 170 cm³/mol. The number of hydrogen-bond acceptors (Lipinski definition) is 3. The van der Waals surface area contributed by atoms with Crippen molar-refractivity contribution in [3.8, 4) is 22.8 Å². The van der Waals surface area contributed by atoms with Crippen LogP contribution in [-0.4, -0.2) is 11.0 Å². The first-order chi connectivity index (χ1) is 20.6. The molecule has 2 heterocycles. The van der Waals surface area contributed by atoms with Gasteiger partial charge < -0.3 is 15.2 Å². The molecule has 0 radical (unpaired) electrons. The van der Waals surface area contributed by atoms with Crippen LogP contribution in [0.2, 0.25) is 0 Å². The van der Waals surface area contributed by atoms with Crippen molar-refractivity contribution in [1.29, 1.82) is 0 Å². The summed E-state index contributed by atoms with van der Waals surface area (Å²) in [5, 5.41) is 1.94. The van der Waals surface area contributed by atoms with Gasteiger partial charge in [-0.2, -0.15) is 6.07 Å². The van der Waals surface area contributed by atoms with Crippen molar-refractivity contribution in [3.63, 3.8) is 0 Å². The van der Waals surface area contributed by atoms with Gasteiger partial charge >= 0.3 is 28.2 Å². The molecule has 0 N–H and O–H groups in total. The molecule has 3 aromatic carbocycles. The van der Waals surface area contributed by atoms with E-state index in [2.05, 4.69) is 89.9 Å². The molecule has 1 aromatic heterocycles. The number of nitrogens with zero attached hydrogens (tertiary/aromatic N) is 3. The Kier molecular flexibility index (Phi) is 10.2. The number of halogens is 1. The third-order valence-corrected chi connectivity index (χ3v) is 8.38. The van der Waals surface area contributed by atoms with E-state index in [9.17, 15) is 0 Å². The molecule has 221 valence electrons. The standard InChI is InChI=1S/C36H37N3O.ClH.Pt/c1-4-6-20-36(21-7-5-2)33-16-9-8-15-30(33)31-19-18-27(23-34(31)36)32-25-39(38-26(32)3)28-13-12-14-29(24-28)40-35-17-10-11-22-37-35;;/h8-19,22-23,25-26H,4-7,20-21H2,1-3H3;1H;/q-2;;+1/p-1. The van der Waals surface area contributed by atoms with Crippen molar-refractivity contribution >= 4 is 20.7 Å². The Morgan fingerprint density at radius 3 is 2.38 bits per heavy atom. The molecule has 0 fully saturated rings. The van der Waals surface area contributed by atoms with E-state index >= 15 is 0 Å². The molecule has 1 unspecified atom stereocenters. The number of anilines is 1. The molecular formula is C36H37ClN3OPt-2. The van der Waals surface area contributed by atoms with E-state index in [1.54, 1.807) is 25.0 Å². The monoisotopic (exact) mass is 757 g/mol. The van der Waals surface area contributed by atoms with Crippen LogP contribution < -0.4 is 9.75 Å². The maximum atomic E-state index is 5.93. The van der Waals surface area contributed by atoms with Crippen LogP contribution in [0.5, 0.6) is 11.6 Å². The van der Waals surface area contributed by atoms with Crippen molar-refractivity contribution in [1.82, 2.24) is 4.98 Å². The van der Waals surface area contributed by atoms with Crippen molar-refractivity contribution in [2.24, 2.45) is 0 Å². The summed E-state index contributed by atoms with van der Waals surface area (Å²) in [5.41, 5.74) is 14.2. The number of fused-ring (bicyclic) bond motifs is 3. The molecule has 4 nitrogen and oxygen atoms in total. The average molecular weight is 758 g/mol. The van der Waals surface area contributed by atoms with Gasteiger partial charge in [-0.15, -0.1) is 18.2 Å². The van der Waals surface area contributed by atoms with Gasteiger partial charge in [0.25, 0.3) is 0 Å². The summed E-state index contributed by atoms with van der Waals surface area (Å²) in [6, 6.07) is 31.1. The second kappa shape index (κ2) is 14.0. The Morgan fingerprint density at radius 2 is 1.64 bits per heavy atom. The average Bonchev–Trinajstić information content (AvgIpc) is 3.56. The van der Waals surface area contributed by atoms with Gasteiger partial charge in [0, 0.05) is 23.4 Å². The number of unbranched alkanes of at least 4 members (excludes halogenated alkanes) is 2. The third kappa shape index (κ3) is 6.09.